The van der Waals surface area contributed by atoms with Crippen molar-refractivity contribution in [2.45, 2.75) is 27.2 Å². The molecule has 2 aromatic carbocycles. The summed E-state index contributed by atoms with van der Waals surface area (Å²) in [4.78, 5) is 35.3. The molecule has 160 valence electrons. The average molecular weight is 415 g/mol. The molecule has 0 saturated heterocycles. The predicted molar refractivity (Wildman–Crippen MR) is 111 cm³/mol. The number of nitrogens with one attached hydrogen (secondary N) is 2. The molecule has 0 bridgehead atoms. The highest BCUT2D eigenvalue weighted by Crippen LogP contribution is 2.28. The third-order valence-corrected chi connectivity index (χ3v) is 4.33. The van der Waals surface area contributed by atoms with Crippen molar-refractivity contribution in [3.8, 4) is 11.5 Å². The lowest BCUT2D eigenvalue weighted by atomic mass is 10.1. The number of hydrogen-bond acceptors (Lipinski definition) is 6. The van der Waals surface area contributed by atoms with Crippen molar-refractivity contribution in [3.63, 3.8) is 0 Å². The van der Waals surface area contributed by atoms with E-state index in [0.717, 1.165) is 6.42 Å². The smallest absolute Gasteiger partial charge is 0.285 e. The number of benzene rings is 2. The van der Waals surface area contributed by atoms with Gasteiger partial charge in [-0.15, -0.1) is 0 Å². The second-order valence-corrected chi connectivity index (χ2v) is 7.03. The summed E-state index contributed by atoms with van der Waals surface area (Å²) >= 11 is 0. The first-order chi connectivity index (χ1) is 14.2. The van der Waals surface area contributed by atoms with Crippen molar-refractivity contribution >= 4 is 17.5 Å². The number of aryl methyl sites for hydroxylation is 1. The molecule has 0 aliphatic carbocycles. The minimum absolute atomic E-state index is 0.146. The third kappa shape index (κ3) is 5.69. The summed E-state index contributed by atoms with van der Waals surface area (Å²) in [5, 5.41) is 11.2. The lowest BCUT2D eigenvalue weighted by molar-refractivity contribution is -0.385. The van der Waals surface area contributed by atoms with Crippen molar-refractivity contribution < 1.29 is 24.0 Å². The van der Waals surface area contributed by atoms with Crippen molar-refractivity contribution in [2.75, 3.05) is 13.7 Å². The SMILES string of the molecule is COc1cc(C(=O)NNC(=O)c2cccc(C)c2[N+](=O)[O-])ccc1OCCC(C)C. The van der Waals surface area contributed by atoms with Crippen LogP contribution in [0.1, 0.15) is 46.5 Å². The Labute approximate surface area is 174 Å². The Morgan fingerprint density at radius 3 is 2.43 bits per heavy atom. The molecule has 0 saturated carbocycles. The molecule has 0 aliphatic heterocycles. The molecule has 30 heavy (non-hydrogen) atoms. The topological polar surface area (TPSA) is 120 Å². The zero-order valence-corrected chi connectivity index (χ0v) is 17.4. The molecule has 0 atom stereocenters. The summed E-state index contributed by atoms with van der Waals surface area (Å²) < 4.78 is 11.0. The Balaban J connectivity index is 2.07. The molecule has 0 radical (unpaired) electrons. The van der Waals surface area contributed by atoms with Crippen LogP contribution >= 0.6 is 0 Å². The van der Waals surface area contributed by atoms with Crippen LogP contribution in [-0.2, 0) is 0 Å². The number of para-hydroxylation sites is 1. The van der Waals surface area contributed by atoms with Crippen molar-refractivity contribution in [3.05, 3.63) is 63.2 Å². The third-order valence-electron chi connectivity index (χ3n) is 4.33. The second kappa shape index (κ2) is 10.2. The van der Waals surface area contributed by atoms with E-state index in [0.29, 0.717) is 29.6 Å². The maximum Gasteiger partial charge on any atom is 0.285 e. The number of hydrogen-bond donors (Lipinski definition) is 2. The van der Waals surface area contributed by atoms with Gasteiger partial charge in [0.2, 0.25) is 0 Å². The van der Waals surface area contributed by atoms with Crippen LogP contribution < -0.4 is 20.3 Å². The van der Waals surface area contributed by atoms with Crippen LogP contribution in [0.3, 0.4) is 0 Å². The summed E-state index contributed by atoms with van der Waals surface area (Å²) in [6.45, 7) is 6.23. The molecule has 2 N–H and O–H groups in total. The van der Waals surface area contributed by atoms with E-state index in [1.54, 1.807) is 6.07 Å². The standard InChI is InChI=1S/C21H25N3O6/c1-13(2)10-11-30-17-9-8-15(12-18(17)29-4)20(25)22-23-21(26)16-7-5-6-14(3)19(16)24(27)28/h5-9,12-13H,10-11H2,1-4H3,(H,22,25)(H,23,26). The highest BCUT2D eigenvalue weighted by atomic mass is 16.6. The Kier molecular flexibility index (Phi) is 7.74. The van der Waals surface area contributed by atoms with Gasteiger partial charge in [-0.05, 0) is 43.5 Å². The number of carbonyl (C=O) groups is 2. The van der Waals surface area contributed by atoms with Gasteiger partial charge in [0.25, 0.3) is 17.5 Å². The molecular weight excluding hydrogens is 390 g/mol. The number of methoxy groups -OCH3 is 1. The number of nitro groups is 1. The molecule has 9 heteroatoms. The summed E-state index contributed by atoms with van der Waals surface area (Å²) in [5.41, 5.74) is 4.57. The lowest BCUT2D eigenvalue weighted by Crippen LogP contribution is -2.41. The summed E-state index contributed by atoms with van der Waals surface area (Å²) in [7, 11) is 1.46. The second-order valence-electron chi connectivity index (χ2n) is 7.03. The molecule has 2 rings (SSSR count). The number of rotatable bonds is 8. The molecule has 2 aromatic rings. The van der Waals surface area contributed by atoms with E-state index < -0.39 is 16.7 Å². The van der Waals surface area contributed by atoms with Crippen LogP contribution in [-0.4, -0.2) is 30.5 Å². The van der Waals surface area contributed by atoms with Gasteiger partial charge in [0.1, 0.15) is 5.56 Å². The van der Waals surface area contributed by atoms with E-state index in [1.165, 1.54) is 44.4 Å². The normalized spacial score (nSPS) is 10.4. The first kappa shape index (κ1) is 22.7. The summed E-state index contributed by atoms with van der Waals surface area (Å²) in [5.74, 6) is -0.0138. The van der Waals surface area contributed by atoms with E-state index in [2.05, 4.69) is 24.7 Å². The Morgan fingerprint density at radius 1 is 1.10 bits per heavy atom. The quantitative estimate of drug-likeness (QED) is 0.504. The fraction of sp³-hybridized carbons (Fsp3) is 0.333. The molecule has 2 amide bonds. The molecule has 0 spiro atoms. The fourth-order valence-corrected chi connectivity index (χ4v) is 2.67. The van der Waals surface area contributed by atoms with E-state index in [1.807, 2.05) is 0 Å². The number of hydrazine groups is 1. The van der Waals surface area contributed by atoms with Gasteiger partial charge in [-0.25, -0.2) is 0 Å². The van der Waals surface area contributed by atoms with Crippen LogP contribution in [0.15, 0.2) is 36.4 Å². The molecule has 0 aromatic heterocycles. The van der Waals surface area contributed by atoms with Crippen LogP contribution in [0.2, 0.25) is 0 Å². The minimum atomic E-state index is -0.792. The maximum absolute atomic E-state index is 12.4. The van der Waals surface area contributed by atoms with E-state index in [9.17, 15) is 19.7 Å². The maximum atomic E-state index is 12.4. The molecule has 0 heterocycles. The highest BCUT2D eigenvalue weighted by molar-refractivity contribution is 6.01. The van der Waals surface area contributed by atoms with E-state index >= 15 is 0 Å². The number of ether oxygens (including phenoxy) is 2. The first-order valence-electron chi connectivity index (χ1n) is 9.40. The molecule has 0 aliphatic rings. The van der Waals surface area contributed by atoms with Crippen molar-refractivity contribution in [1.82, 2.24) is 10.9 Å². The number of amides is 2. The van der Waals surface area contributed by atoms with Crippen LogP contribution in [0, 0.1) is 23.0 Å². The first-order valence-corrected chi connectivity index (χ1v) is 9.40. The largest absolute Gasteiger partial charge is 0.493 e. The van der Waals surface area contributed by atoms with Crippen LogP contribution in [0.25, 0.3) is 0 Å². The van der Waals surface area contributed by atoms with Gasteiger partial charge >= 0.3 is 0 Å². The minimum Gasteiger partial charge on any atom is -0.493 e. The number of nitrogens with zero attached hydrogens (tertiary/aromatic N) is 1. The molecule has 0 fully saturated rings. The lowest BCUT2D eigenvalue weighted by Gasteiger charge is -2.13. The molecule has 9 nitrogen and oxygen atoms in total. The molecule has 0 unspecified atom stereocenters. The predicted octanol–water partition coefficient (Wildman–Crippen LogP) is 3.41. The zero-order valence-electron chi connectivity index (χ0n) is 17.4. The van der Waals surface area contributed by atoms with Crippen molar-refractivity contribution in [2.24, 2.45) is 5.92 Å². The fourth-order valence-electron chi connectivity index (χ4n) is 2.67. The number of nitro benzene ring substituents is 1. The zero-order chi connectivity index (χ0) is 22.3. The van der Waals surface area contributed by atoms with E-state index in [4.69, 9.17) is 9.47 Å². The Hall–Kier alpha value is -3.62. The summed E-state index contributed by atoms with van der Waals surface area (Å²) in [6.07, 6.45) is 0.878. The number of carbonyl (C=O) groups excluding carboxylic acids is 2. The summed E-state index contributed by atoms with van der Waals surface area (Å²) in [6, 6.07) is 9.01. The molecular formula is C21H25N3O6. The van der Waals surface area contributed by atoms with Gasteiger partial charge in [0.05, 0.1) is 18.6 Å². The van der Waals surface area contributed by atoms with Crippen LogP contribution in [0.4, 0.5) is 5.69 Å². The van der Waals surface area contributed by atoms with E-state index in [-0.39, 0.29) is 16.8 Å². The van der Waals surface area contributed by atoms with Gasteiger partial charge in [-0.2, -0.15) is 0 Å². The average Bonchev–Trinajstić information content (AvgIpc) is 2.71. The van der Waals surface area contributed by atoms with Gasteiger partial charge in [-0.3, -0.25) is 30.6 Å². The van der Waals surface area contributed by atoms with Gasteiger partial charge < -0.3 is 9.47 Å². The Bertz CT molecular complexity index is 942. The monoisotopic (exact) mass is 415 g/mol. The van der Waals surface area contributed by atoms with Crippen molar-refractivity contribution in [1.29, 1.82) is 0 Å². The van der Waals surface area contributed by atoms with Gasteiger partial charge in [-0.1, -0.05) is 26.0 Å². The van der Waals surface area contributed by atoms with Crippen LogP contribution in [0.5, 0.6) is 11.5 Å². The Morgan fingerprint density at radius 2 is 1.80 bits per heavy atom. The van der Waals surface area contributed by atoms with Gasteiger partial charge in [0, 0.05) is 11.1 Å². The highest BCUT2D eigenvalue weighted by Gasteiger charge is 2.23. The van der Waals surface area contributed by atoms with Gasteiger partial charge in [0.15, 0.2) is 11.5 Å².